The van der Waals surface area contributed by atoms with Crippen LogP contribution < -0.4 is 16.0 Å². The van der Waals surface area contributed by atoms with Crippen molar-refractivity contribution < 1.29 is 38.1 Å². The molecule has 10 nitrogen and oxygen atoms in total. The van der Waals surface area contributed by atoms with Gasteiger partial charge in [-0.3, -0.25) is 0 Å². The zero-order valence-electron chi connectivity index (χ0n) is 22.6. The second-order valence-electron chi connectivity index (χ2n) is 10.2. The van der Waals surface area contributed by atoms with Gasteiger partial charge in [-0.25, -0.2) is 14.4 Å². The van der Waals surface area contributed by atoms with Crippen molar-refractivity contribution >= 4 is 33.7 Å². The van der Waals surface area contributed by atoms with Gasteiger partial charge in [0.2, 0.25) is 0 Å². The molecule has 3 aromatic carbocycles. The number of carbonyl (C=O) groups is 1. The van der Waals surface area contributed by atoms with Gasteiger partial charge in [-0.15, -0.1) is 0 Å². The molecule has 5 aromatic rings. The summed E-state index contributed by atoms with van der Waals surface area (Å²) < 4.78 is 27.9. The number of hydrogen-bond donors (Lipinski definition) is 2. The number of hydrogen-bond acceptors (Lipinski definition) is 10. The molecule has 0 amide bonds. The average molecular weight is 579 g/mol. The predicted molar refractivity (Wildman–Crippen MR) is 154 cm³/mol. The Morgan fingerprint density at radius 2 is 1.60 bits per heavy atom. The van der Waals surface area contributed by atoms with Crippen LogP contribution in [-0.2, 0) is 27.1 Å². The number of para-hydroxylation sites is 1. The Balaban J connectivity index is 1.28. The summed E-state index contributed by atoms with van der Waals surface area (Å²) in [6.45, 7) is 0. The Bertz CT molecular complexity index is 2170. The Kier molecular flexibility index (Phi) is 6.05. The first-order valence-electron chi connectivity index (χ1n) is 13.3. The van der Waals surface area contributed by atoms with Crippen LogP contribution in [0.4, 0.5) is 0 Å². The van der Waals surface area contributed by atoms with E-state index < -0.39 is 23.5 Å². The number of ether oxygens (including phenoxy) is 3. The summed E-state index contributed by atoms with van der Waals surface area (Å²) >= 11 is 0. The Morgan fingerprint density at radius 3 is 2.42 bits per heavy atom. The standard InChI is InChI=1S/C33H22O10/c1-39-30-23-10-16(9-17-13-28(36)40-27-15-20(34)6-7-21(17)27)5-8-26(23)41-33-24(30)12-19(32(38)43-33)11-18-14-29(37)42-31-22(18)3-2-4-25(31)35/h2-8,10,12-15,33-35H,9,11H2,1H3. The topological polar surface area (TPSA) is 146 Å². The molecule has 1 unspecified atom stereocenters. The molecule has 0 radical (unpaired) electrons. The minimum absolute atomic E-state index is 0.00711. The van der Waals surface area contributed by atoms with E-state index in [0.717, 1.165) is 5.56 Å². The first-order valence-corrected chi connectivity index (χ1v) is 13.3. The van der Waals surface area contributed by atoms with Gasteiger partial charge in [-0.2, -0.15) is 0 Å². The maximum absolute atomic E-state index is 13.0. The van der Waals surface area contributed by atoms with E-state index in [1.807, 2.05) is 12.1 Å². The van der Waals surface area contributed by atoms with Crippen molar-refractivity contribution in [3.63, 3.8) is 0 Å². The molecule has 7 rings (SSSR count). The van der Waals surface area contributed by atoms with Crippen molar-refractivity contribution in [1.82, 2.24) is 0 Å². The van der Waals surface area contributed by atoms with Crippen LogP contribution >= 0.6 is 0 Å². The molecular formula is C33H22O10. The van der Waals surface area contributed by atoms with Gasteiger partial charge in [0.1, 0.15) is 22.8 Å². The van der Waals surface area contributed by atoms with E-state index >= 15 is 0 Å². The van der Waals surface area contributed by atoms with Crippen LogP contribution in [0.5, 0.6) is 17.2 Å². The largest absolute Gasteiger partial charge is 0.508 e. The van der Waals surface area contributed by atoms with Gasteiger partial charge in [0.05, 0.1) is 18.2 Å². The second-order valence-corrected chi connectivity index (χ2v) is 10.2. The summed E-state index contributed by atoms with van der Waals surface area (Å²) in [6.07, 6.45) is 1.00. The molecule has 0 saturated heterocycles. The lowest BCUT2D eigenvalue weighted by atomic mass is 9.94. The molecule has 2 aliphatic heterocycles. The fourth-order valence-electron chi connectivity index (χ4n) is 5.57. The molecular weight excluding hydrogens is 556 g/mol. The van der Waals surface area contributed by atoms with Crippen molar-refractivity contribution in [1.29, 1.82) is 0 Å². The molecule has 2 N–H and O–H groups in total. The molecule has 2 aliphatic rings. The molecule has 0 bridgehead atoms. The van der Waals surface area contributed by atoms with Crippen LogP contribution in [0.1, 0.15) is 22.3 Å². The molecule has 4 heterocycles. The summed E-state index contributed by atoms with van der Waals surface area (Å²) in [5.74, 6) is 0.0784. The van der Waals surface area contributed by atoms with E-state index in [9.17, 15) is 24.6 Å². The van der Waals surface area contributed by atoms with Crippen molar-refractivity contribution in [2.45, 2.75) is 19.1 Å². The summed E-state index contributed by atoms with van der Waals surface area (Å²) in [7, 11) is 1.51. The number of carbonyl (C=O) groups excluding carboxylic acids is 1. The number of phenolic OH excluding ortho intramolecular Hbond substituents is 2. The molecule has 0 spiro atoms. The molecule has 1 atom stereocenters. The van der Waals surface area contributed by atoms with E-state index in [-0.39, 0.29) is 34.7 Å². The van der Waals surface area contributed by atoms with Crippen LogP contribution in [0.25, 0.3) is 27.7 Å². The number of benzene rings is 3. The first-order chi connectivity index (χ1) is 20.8. The SMILES string of the molecule is COC1=C2C=C(Cc3cc(=O)oc4c(O)cccc34)C(=O)OC2Oc2ccc(Cc3cc(=O)oc4cc(O)ccc34)cc21. The summed E-state index contributed by atoms with van der Waals surface area (Å²) in [6, 6.07) is 17.5. The smallest absolute Gasteiger partial charge is 0.337 e. The maximum Gasteiger partial charge on any atom is 0.337 e. The van der Waals surface area contributed by atoms with Gasteiger partial charge in [-0.05, 0) is 59.5 Å². The van der Waals surface area contributed by atoms with Crippen LogP contribution in [0.3, 0.4) is 0 Å². The number of esters is 1. The van der Waals surface area contributed by atoms with E-state index in [1.54, 1.807) is 30.3 Å². The molecule has 214 valence electrons. The van der Waals surface area contributed by atoms with Crippen LogP contribution in [0, 0.1) is 0 Å². The maximum atomic E-state index is 13.0. The van der Waals surface area contributed by atoms with Gasteiger partial charge in [0, 0.05) is 41.0 Å². The Morgan fingerprint density at radius 1 is 0.814 bits per heavy atom. The quantitative estimate of drug-likeness (QED) is 0.222. The number of methoxy groups -OCH3 is 1. The van der Waals surface area contributed by atoms with Crippen LogP contribution in [0.2, 0.25) is 0 Å². The third kappa shape index (κ3) is 4.58. The first kappa shape index (κ1) is 26.1. The van der Waals surface area contributed by atoms with Gasteiger partial charge < -0.3 is 33.3 Å². The normalized spacial score (nSPS) is 15.9. The van der Waals surface area contributed by atoms with E-state index in [2.05, 4.69) is 0 Å². The zero-order chi connectivity index (χ0) is 29.8. The highest BCUT2D eigenvalue weighted by Gasteiger charge is 2.36. The monoisotopic (exact) mass is 578 g/mol. The summed E-state index contributed by atoms with van der Waals surface area (Å²) in [5, 5.41) is 21.2. The lowest BCUT2D eigenvalue weighted by Crippen LogP contribution is -2.34. The van der Waals surface area contributed by atoms with Gasteiger partial charge in [0.25, 0.3) is 6.29 Å². The fraction of sp³-hybridized carbons (Fsp3) is 0.121. The third-order valence-electron chi connectivity index (χ3n) is 7.47. The second kappa shape index (κ2) is 9.95. The van der Waals surface area contributed by atoms with Crippen LogP contribution in [0.15, 0.2) is 102 Å². The van der Waals surface area contributed by atoms with Gasteiger partial charge in [-0.1, -0.05) is 18.2 Å². The number of aromatic hydroxyl groups is 2. The number of phenols is 2. The highest BCUT2D eigenvalue weighted by Crippen LogP contribution is 2.41. The summed E-state index contributed by atoms with van der Waals surface area (Å²) in [4.78, 5) is 37.5. The highest BCUT2D eigenvalue weighted by molar-refractivity contribution is 5.94. The minimum atomic E-state index is -1.04. The molecule has 0 saturated carbocycles. The predicted octanol–water partition coefficient (Wildman–Crippen LogP) is 4.70. The van der Waals surface area contributed by atoms with E-state index in [1.165, 1.54) is 37.4 Å². The lowest BCUT2D eigenvalue weighted by molar-refractivity contribution is -0.155. The lowest BCUT2D eigenvalue weighted by Gasteiger charge is -2.32. The third-order valence-corrected chi connectivity index (χ3v) is 7.47. The fourth-order valence-corrected chi connectivity index (χ4v) is 5.57. The summed E-state index contributed by atoms with van der Waals surface area (Å²) in [5.41, 5.74) is 2.53. The Hall–Kier alpha value is -5.77. The molecule has 43 heavy (non-hydrogen) atoms. The highest BCUT2D eigenvalue weighted by atomic mass is 16.7. The number of fused-ring (bicyclic) bond motifs is 4. The van der Waals surface area contributed by atoms with E-state index in [0.29, 0.717) is 51.0 Å². The minimum Gasteiger partial charge on any atom is -0.508 e. The van der Waals surface area contributed by atoms with Crippen molar-refractivity contribution in [3.05, 3.63) is 127 Å². The van der Waals surface area contributed by atoms with Crippen molar-refractivity contribution in [2.75, 3.05) is 7.11 Å². The number of rotatable bonds is 5. The van der Waals surface area contributed by atoms with Crippen molar-refractivity contribution in [3.8, 4) is 17.2 Å². The molecule has 0 aliphatic carbocycles. The van der Waals surface area contributed by atoms with Gasteiger partial charge >= 0.3 is 17.2 Å². The van der Waals surface area contributed by atoms with E-state index in [4.69, 9.17) is 23.0 Å². The average Bonchev–Trinajstić information content (AvgIpc) is 2.97. The van der Waals surface area contributed by atoms with Crippen molar-refractivity contribution in [2.24, 2.45) is 0 Å². The zero-order valence-corrected chi connectivity index (χ0v) is 22.6. The molecule has 2 aromatic heterocycles. The molecule has 0 fully saturated rings. The van der Waals surface area contributed by atoms with Crippen LogP contribution in [-0.4, -0.2) is 29.6 Å². The van der Waals surface area contributed by atoms with Gasteiger partial charge in [0.15, 0.2) is 11.3 Å². The molecule has 10 heteroatoms. The Labute approximate surface area is 242 Å².